The highest BCUT2D eigenvalue weighted by Crippen LogP contribution is 2.54. The van der Waals surface area contributed by atoms with Crippen LogP contribution in [0.15, 0.2) is 91.0 Å². The predicted octanol–water partition coefficient (Wildman–Crippen LogP) is 8.30. The Balaban J connectivity index is 1.75. The fraction of sp³-hybridized carbons (Fsp3) is 0.0968. The minimum atomic E-state index is -0.0413. The zero-order valence-electron chi connectivity index (χ0n) is 18.1. The van der Waals surface area contributed by atoms with Gasteiger partial charge in [0.05, 0.1) is 16.6 Å². The minimum Gasteiger partial charge on any atom is -0.308 e. The number of rotatable bonds is 0. The molecule has 0 bridgehead atoms. The summed E-state index contributed by atoms with van der Waals surface area (Å²) in [4.78, 5) is 0. The average Bonchev–Trinajstić information content (AvgIpc) is 3.42. The molecular formula is C31H21N. The maximum absolute atomic E-state index is 2.51. The molecule has 2 heterocycles. The summed E-state index contributed by atoms with van der Waals surface area (Å²) in [6.07, 6.45) is 0. The molecular weight excluding hydrogens is 386 g/mol. The molecule has 1 heteroatoms. The first-order chi connectivity index (χ1) is 15.7. The molecule has 7 aromatic rings. The van der Waals surface area contributed by atoms with Gasteiger partial charge in [-0.15, -0.1) is 0 Å². The van der Waals surface area contributed by atoms with E-state index in [1.165, 1.54) is 71.1 Å². The minimum absolute atomic E-state index is 0.0413. The van der Waals surface area contributed by atoms with Gasteiger partial charge in [-0.1, -0.05) is 86.6 Å². The molecule has 0 aliphatic heterocycles. The lowest BCUT2D eigenvalue weighted by Crippen LogP contribution is -2.15. The van der Waals surface area contributed by atoms with Crippen LogP contribution >= 0.6 is 0 Å². The van der Waals surface area contributed by atoms with Crippen LogP contribution in [0.5, 0.6) is 0 Å². The first-order valence-electron chi connectivity index (χ1n) is 11.4. The van der Waals surface area contributed by atoms with Crippen molar-refractivity contribution in [3.8, 4) is 11.1 Å². The standard InChI is InChI=1S/C31H21N/c1-31(2)24-13-7-5-11-20(24)22-15-16-26-28(29(22)31)27-19-10-4-3-9-18(19)17-23-21-12-6-8-14-25(21)32(26)30(23)27/h3-17H,1-2H3. The summed E-state index contributed by atoms with van der Waals surface area (Å²) in [6.45, 7) is 4.79. The van der Waals surface area contributed by atoms with E-state index in [1.54, 1.807) is 0 Å². The van der Waals surface area contributed by atoms with E-state index in [0.717, 1.165) is 0 Å². The lowest BCUT2D eigenvalue weighted by atomic mass is 9.80. The SMILES string of the molecule is CC1(C)c2ccccc2-c2ccc3c(c21)c1c2ccccc2cc2c4ccccc4n3c21. The number of aromatic nitrogens is 1. The Morgan fingerprint density at radius 2 is 1.34 bits per heavy atom. The summed E-state index contributed by atoms with van der Waals surface area (Å²) in [7, 11) is 0. The van der Waals surface area contributed by atoms with Crippen molar-refractivity contribution < 1.29 is 0 Å². The summed E-state index contributed by atoms with van der Waals surface area (Å²) in [5.74, 6) is 0. The van der Waals surface area contributed by atoms with Gasteiger partial charge in [-0.3, -0.25) is 0 Å². The van der Waals surface area contributed by atoms with Crippen LogP contribution in [0.25, 0.3) is 60.0 Å². The Morgan fingerprint density at radius 3 is 2.25 bits per heavy atom. The fourth-order valence-corrected chi connectivity index (χ4v) is 6.60. The highest BCUT2D eigenvalue weighted by Gasteiger charge is 2.38. The molecule has 150 valence electrons. The van der Waals surface area contributed by atoms with E-state index in [9.17, 15) is 0 Å². The van der Waals surface area contributed by atoms with Gasteiger partial charge in [0.2, 0.25) is 0 Å². The second kappa shape index (κ2) is 5.31. The van der Waals surface area contributed by atoms with Crippen LogP contribution in [0.3, 0.4) is 0 Å². The molecule has 1 aliphatic carbocycles. The Kier molecular flexibility index (Phi) is 2.79. The lowest BCUT2D eigenvalue weighted by Gasteiger charge is -2.22. The average molecular weight is 408 g/mol. The third kappa shape index (κ3) is 1.72. The second-order valence-corrected chi connectivity index (χ2v) is 9.77. The first-order valence-corrected chi connectivity index (χ1v) is 11.4. The second-order valence-electron chi connectivity index (χ2n) is 9.77. The van der Waals surface area contributed by atoms with Crippen LogP contribution < -0.4 is 0 Å². The van der Waals surface area contributed by atoms with Gasteiger partial charge in [-0.2, -0.15) is 0 Å². The predicted molar refractivity (Wildman–Crippen MR) is 136 cm³/mol. The van der Waals surface area contributed by atoms with Crippen molar-refractivity contribution in [3.05, 3.63) is 102 Å². The number of benzene rings is 5. The van der Waals surface area contributed by atoms with E-state index in [2.05, 4.69) is 109 Å². The fourth-order valence-electron chi connectivity index (χ4n) is 6.60. The maximum Gasteiger partial charge on any atom is 0.0627 e. The zero-order chi connectivity index (χ0) is 21.2. The Hall–Kier alpha value is -3.84. The molecule has 0 N–H and O–H groups in total. The number of nitrogens with zero attached hydrogens (tertiary/aromatic N) is 1. The van der Waals surface area contributed by atoms with Crippen molar-refractivity contribution in [2.75, 3.05) is 0 Å². The smallest absolute Gasteiger partial charge is 0.0627 e. The van der Waals surface area contributed by atoms with Crippen molar-refractivity contribution in [2.45, 2.75) is 19.3 Å². The normalized spacial score (nSPS) is 14.8. The lowest BCUT2D eigenvalue weighted by molar-refractivity contribution is 0.666. The van der Waals surface area contributed by atoms with E-state index in [1.807, 2.05) is 0 Å². The van der Waals surface area contributed by atoms with Crippen molar-refractivity contribution in [3.63, 3.8) is 0 Å². The molecule has 0 saturated heterocycles. The van der Waals surface area contributed by atoms with Crippen LogP contribution in [-0.4, -0.2) is 4.40 Å². The van der Waals surface area contributed by atoms with Gasteiger partial charge in [0.1, 0.15) is 0 Å². The van der Waals surface area contributed by atoms with Crippen molar-refractivity contribution in [2.24, 2.45) is 0 Å². The van der Waals surface area contributed by atoms with E-state index in [0.29, 0.717) is 0 Å². The van der Waals surface area contributed by atoms with Crippen LogP contribution in [0.1, 0.15) is 25.0 Å². The molecule has 0 amide bonds. The Labute approximate surface area is 185 Å². The highest BCUT2D eigenvalue weighted by molar-refractivity contribution is 6.32. The molecule has 0 spiro atoms. The van der Waals surface area contributed by atoms with Crippen LogP contribution in [-0.2, 0) is 5.41 Å². The van der Waals surface area contributed by atoms with Crippen LogP contribution in [0.4, 0.5) is 0 Å². The summed E-state index contributed by atoms with van der Waals surface area (Å²) in [5.41, 5.74) is 9.62. The third-order valence-electron chi connectivity index (χ3n) is 7.87. The topological polar surface area (TPSA) is 4.41 Å². The number of para-hydroxylation sites is 1. The quantitative estimate of drug-likeness (QED) is 0.238. The highest BCUT2D eigenvalue weighted by atomic mass is 14.9. The summed E-state index contributed by atoms with van der Waals surface area (Å²) in [5, 5.41) is 8.18. The van der Waals surface area contributed by atoms with Gasteiger partial charge in [0, 0.05) is 27.0 Å². The van der Waals surface area contributed by atoms with Gasteiger partial charge in [0.25, 0.3) is 0 Å². The molecule has 0 atom stereocenters. The third-order valence-corrected chi connectivity index (χ3v) is 7.87. The molecule has 0 radical (unpaired) electrons. The van der Waals surface area contributed by atoms with Crippen molar-refractivity contribution in [1.29, 1.82) is 0 Å². The molecule has 1 aliphatic rings. The zero-order valence-corrected chi connectivity index (χ0v) is 18.1. The Bertz CT molecular complexity index is 1900. The van der Waals surface area contributed by atoms with Gasteiger partial charge < -0.3 is 4.40 Å². The molecule has 0 fully saturated rings. The Morgan fingerprint density at radius 1 is 0.594 bits per heavy atom. The van der Waals surface area contributed by atoms with Gasteiger partial charge in [0.15, 0.2) is 0 Å². The van der Waals surface area contributed by atoms with Crippen LogP contribution in [0, 0.1) is 0 Å². The summed E-state index contributed by atoms with van der Waals surface area (Å²) >= 11 is 0. The molecule has 8 rings (SSSR count). The molecule has 5 aromatic carbocycles. The molecule has 2 aromatic heterocycles. The molecule has 0 saturated carbocycles. The van der Waals surface area contributed by atoms with Gasteiger partial charge in [-0.25, -0.2) is 0 Å². The van der Waals surface area contributed by atoms with E-state index in [-0.39, 0.29) is 5.41 Å². The number of hydrogen-bond acceptors (Lipinski definition) is 0. The van der Waals surface area contributed by atoms with Crippen molar-refractivity contribution in [1.82, 2.24) is 4.40 Å². The number of fused-ring (bicyclic) bond motifs is 12. The van der Waals surface area contributed by atoms with Gasteiger partial charge in [-0.05, 0) is 51.2 Å². The largest absolute Gasteiger partial charge is 0.308 e. The maximum atomic E-state index is 2.51. The monoisotopic (exact) mass is 407 g/mol. The van der Waals surface area contributed by atoms with E-state index in [4.69, 9.17) is 0 Å². The van der Waals surface area contributed by atoms with Gasteiger partial charge >= 0.3 is 0 Å². The summed E-state index contributed by atoms with van der Waals surface area (Å²) < 4.78 is 2.51. The van der Waals surface area contributed by atoms with Crippen LogP contribution in [0.2, 0.25) is 0 Å². The summed E-state index contributed by atoms with van der Waals surface area (Å²) in [6, 6.07) is 33.8. The number of hydrogen-bond donors (Lipinski definition) is 0. The molecule has 32 heavy (non-hydrogen) atoms. The van der Waals surface area contributed by atoms with Crippen molar-refractivity contribution >= 4 is 48.9 Å². The molecule has 0 unspecified atom stereocenters. The van der Waals surface area contributed by atoms with E-state index >= 15 is 0 Å². The van der Waals surface area contributed by atoms with E-state index < -0.39 is 0 Å². The molecule has 1 nitrogen and oxygen atoms in total. The first kappa shape index (κ1) is 16.8.